The molecular weight excluding hydrogens is 350 g/mol. The number of benzene rings is 1. The highest BCUT2D eigenvalue weighted by Gasteiger charge is 2.19. The number of alkyl halides is 2. The fourth-order valence-electron chi connectivity index (χ4n) is 2.51. The molecular formula is C17H16F2N2O3S. The Morgan fingerprint density at radius 1 is 1.28 bits per heavy atom. The van der Waals surface area contributed by atoms with Crippen molar-refractivity contribution in [3.8, 4) is 5.75 Å². The molecule has 132 valence electrons. The molecule has 0 spiro atoms. The topological polar surface area (TPSA) is 53.4 Å². The van der Waals surface area contributed by atoms with Gasteiger partial charge in [0, 0.05) is 12.4 Å². The number of esters is 1. The molecule has 0 N–H and O–H groups in total. The molecule has 0 radical (unpaired) electrons. The summed E-state index contributed by atoms with van der Waals surface area (Å²) >= 11 is 1.32. The number of ether oxygens (including phenoxy) is 2. The summed E-state index contributed by atoms with van der Waals surface area (Å²) in [4.78, 5) is 13.8. The monoisotopic (exact) mass is 366 g/mol. The van der Waals surface area contributed by atoms with Gasteiger partial charge in [0.25, 0.3) is 0 Å². The highest BCUT2D eigenvalue weighted by Crippen LogP contribution is 2.30. The van der Waals surface area contributed by atoms with E-state index in [0.717, 1.165) is 15.9 Å². The minimum absolute atomic E-state index is 0.0600. The number of fused-ring (bicyclic) bond motifs is 1. The van der Waals surface area contributed by atoms with Crippen LogP contribution in [0.3, 0.4) is 0 Å². The molecule has 0 amide bonds. The zero-order valence-corrected chi connectivity index (χ0v) is 14.6. The Balaban J connectivity index is 1.71. The summed E-state index contributed by atoms with van der Waals surface area (Å²) in [5.74, 6) is -0.370. The molecule has 3 rings (SSSR count). The molecule has 5 nitrogen and oxygen atoms in total. The number of halogens is 2. The molecule has 0 saturated carbocycles. The summed E-state index contributed by atoms with van der Waals surface area (Å²) in [6, 6.07) is 7.79. The lowest BCUT2D eigenvalue weighted by molar-refractivity contribution is -0.0498. The lowest BCUT2D eigenvalue weighted by Gasteiger charge is -2.13. The van der Waals surface area contributed by atoms with Crippen LogP contribution < -0.4 is 4.74 Å². The van der Waals surface area contributed by atoms with E-state index in [-0.39, 0.29) is 5.75 Å². The van der Waals surface area contributed by atoms with Gasteiger partial charge >= 0.3 is 12.6 Å². The van der Waals surface area contributed by atoms with Crippen LogP contribution >= 0.6 is 11.3 Å². The summed E-state index contributed by atoms with van der Waals surface area (Å²) in [7, 11) is 1.83. The average Bonchev–Trinajstić information content (AvgIpc) is 3.09. The highest BCUT2D eigenvalue weighted by atomic mass is 32.1. The zero-order valence-electron chi connectivity index (χ0n) is 13.8. The van der Waals surface area contributed by atoms with Crippen LogP contribution in [0.2, 0.25) is 0 Å². The quantitative estimate of drug-likeness (QED) is 0.626. The third-order valence-electron chi connectivity index (χ3n) is 3.76. The first-order valence-electron chi connectivity index (χ1n) is 7.54. The number of aryl methyl sites for hydroxylation is 2. The number of thiophene rings is 1. The van der Waals surface area contributed by atoms with E-state index < -0.39 is 18.7 Å². The first kappa shape index (κ1) is 17.3. The van der Waals surface area contributed by atoms with Gasteiger partial charge in [0.15, 0.2) is 0 Å². The predicted molar refractivity (Wildman–Crippen MR) is 90.2 cm³/mol. The fraction of sp³-hybridized carbons (Fsp3) is 0.294. The van der Waals surface area contributed by atoms with E-state index in [0.29, 0.717) is 10.4 Å². The van der Waals surface area contributed by atoms with E-state index in [2.05, 4.69) is 9.84 Å². The van der Waals surface area contributed by atoms with Crippen molar-refractivity contribution >= 4 is 27.5 Å². The van der Waals surface area contributed by atoms with Crippen LogP contribution in [0.4, 0.5) is 8.78 Å². The normalized spacial score (nSPS) is 12.6. The summed E-state index contributed by atoms with van der Waals surface area (Å²) in [6.07, 6.45) is -0.516. The maximum absolute atomic E-state index is 12.4. The summed E-state index contributed by atoms with van der Waals surface area (Å²) in [6.45, 7) is 0.739. The van der Waals surface area contributed by atoms with Crippen LogP contribution in [-0.4, -0.2) is 22.4 Å². The van der Waals surface area contributed by atoms with Gasteiger partial charge in [-0.3, -0.25) is 4.68 Å². The summed E-state index contributed by atoms with van der Waals surface area (Å²) in [5, 5.41) is 5.23. The molecule has 1 aromatic carbocycles. The maximum Gasteiger partial charge on any atom is 0.387 e. The summed E-state index contributed by atoms with van der Waals surface area (Å²) < 4.78 is 35.8. The van der Waals surface area contributed by atoms with E-state index in [1.165, 1.54) is 23.5 Å². The molecule has 2 heterocycles. The predicted octanol–water partition coefficient (Wildman–Crippen LogP) is 4.46. The first-order valence-corrected chi connectivity index (χ1v) is 8.35. The van der Waals surface area contributed by atoms with Gasteiger partial charge < -0.3 is 9.47 Å². The fourth-order valence-corrected chi connectivity index (χ4v) is 3.52. The Kier molecular flexibility index (Phi) is 4.71. The molecule has 0 aliphatic heterocycles. The van der Waals surface area contributed by atoms with Crippen LogP contribution in [0.5, 0.6) is 5.75 Å². The number of hydrogen-bond donors (Lipinski definition) is 0. The highest BCUT2D eigenvalue weighted by molar-refractivity contribution is 7.20. The van der Waals surface area contributed by atoms with Crippen molar-refractivity contribution in [1.82, 2.24) is 9.78 Å². The molecule has 0 aliphatic carbocycles. The van der Waals surface area contributed by atoms with Crippen molar-refractivity contribution in [2.75, 3.05) is 0 Å². The van der Waals surface area contributed by atoms with Crippen molar-refractivity contribution in [3.05, 3.63) is 46.5 Å². The van der Waals surface area contributed by atoms with Gasteiger partial charge in [-0.2, -0.15) is 13.9 Å². The second-order valence-corrected chi connectivity index (χ2v) is 6.56. The third kappa shape index (κ3) is 3.63. The van der Waals surface area contributed by atoms with Gasteiger partial charge in [-0.05, 0) is 37.6 Å². The Hall–Kier alpha value is -2.48. The minimum atomic E-state index is -2.87. The van der Waals surface area contributed by atoms with Gasteiger partial charge in [-0.1, -0.05) is 12.1 Å². The van der Waals surface area contributed by atoms with Gasteiger partial charge in [0.05, 0.1) is 5.69 Å². The number of rotatable bonds is 5. The molecule has 8 heteroatoms. The van der Waals surface area contributed by atoms with Crippen LogP contribution in [0, 0.1) is 6.92 Å². The second kappa shape index (κ2) is 6.79. The van der Waals surface area contributed by atoms with Crippen molar-refractivity contribution in [1.29, 1.82) is 0 Å². The van der Waals surface area contributed by atoms with Crippen molar-refractivity contribution in [2.45, 2.75) is 26.6 Å². The number of aromatic nitrogens is 2. The molecule has 0 bridgehead atoms. The standard InChI is InChI=1S/C17H16F2N2O3S/c1-9-13-8-14(25-15(13)21(3)20-9)16(22)23-10(2)11-4-6-12(7-5-11)24-17(18)19/h4-8,10,17H,1-3H3/t10-/m1/s1. The second-order valence-electron chi connectivity index (χ2n) is 5.53. The van der Waals surface area contributed by atoms with E-state index in [9.17, 15) is 13.6 Å². The van der Waals surface area contributed by atoms with E-state index in [1.54, 1.807) is 29.8 Å². The van der Waals surface area contributed by atoms with Crippen LogP contribution in [-0.2, 0) is 11.8 Å². The maximum atomic E-state index is 12.4. The Morgan fingerprint density at radius 2 is 1.96 bits per heavy atom. The molecule has 25 heavy (non-hydrogen) atoms. The third-order valence-corrected chi connectivity index (χ3v) is 4.94. The molecule has 3 aromatic rings. The average molecular weight is 366 g/mol. The molecule has 1 atom stereocenters. The first-order chi connectivity index (χ1) is 11.8. The lowest BCUT2D eigenvalue weighted by Crippen LogP contribution is -2.08. The van der Waals surface area contributed by atoms with Crippen LogP contribution in [0.25, 0.3) is 10.2 Å². The number of carbonyl (C=O) groups excluding carboxylic acids is 1. The largest absolute Gasteiger partial charge is 0.454 e. The van der Waals surface area contributed by atoms with E-state index in [1.807, 2.05) is 14.0 Å². The van der Waals surface area contributed by atoms with Crippen molar-refractivity contribution < 1.29 is 23.0 Å². The Bertz CT molecular complexity index is 868. The van der Waals surface area contributed by atoms with E-state index >= 15 is 0 Å². The molecule has 2 aromatic heterocycles. The number of carbonyl (C=O) groups is 1. The Morgan fingerprint density at radius 3 is 2.56 bits per heavy atom. The van der Waals surface area contributed by atoms with Gasteiger partial charge in [-0.15, -0.1) is 11.3 Å². The lowest BCUT2D eigenvalue weighted by atomic mass is 10.1. The summed E-state index contributed by atoms with van der Waals surface area (Å²) in [5.41, 5.74) is 1.55. The van der Waals surface area contributed by atoms with E-state index in [4.69, 9.17) is 4.74 Å². The molecule has 0 aliphatic rings. The molecule has 0 fully saturated rings. The SMILES string of the molecule is Cc1nn(C)c2sc(C(=O)O[C@H](C)c3ccc(OC(F)F)cc3)cc12. The van der Waals surface area contributed by atoms with Crippen molar-refractivity contribution in [3.63, 3.8) is 0 Å². The minimum Gasteiger partial charge on any atom is -0.454 e. The molecule has 0 saturated heterocycles. The zero-order chi connectivity index (χ0) is 18.1. The molecule has 0 unspecified atom stereocenters. The number of nitrogens with zero attached hydrogens (tertiary/aromatic N) is 2. The van der Waals surface area contributed by atoms with Gasteiger partial charge in [0.2, 0.25) is 0 Å². The smallest absolute Gasteiger partial charge is 0.387 e. The van der Waals surface area contributed by atoms with Gasteiger partial charge in [-0.25, -0.2) is 4.79 Å². The Labute approximate surface area is 146 Å². The van der Waals surface area contributed by atoms with Crippen LogP contribution in [0.15, 0.2) is 30.3 Å². The number of hydrogen-bond acceptors (Lipinski definition) is 5. The van der Waals surface area contributed by atoms with Crippen molar-refractivity contribution in [2.24, 2.45) is 7.05 Å². The van der Waals surface area contributed by atoms with Crippen LogP contribution in [0.1, 0.15) is 34.0 Å². The van der Waals surface area contributed by atoms with Gasteiger partial charge in [0.1, 0.15) is 21.6 Å².